The fourth-order valence-electron chi connectivity index (χ4n) is 6.30. The topological polar surface area (TPSA) is 95.9 Å². The van der Waals surface area contributed by atoms with E-state index in [1.807, 2.05) is 52.8 Å². The molecular weight excluding hydrogens is 452 g/mol. The standard InChI is InChI=1S/C26H36N2O5S/c1-7-33-24(32)20-19-23(31)28(18(13-29)14(2)3)21(26(19)11-10-25(20,6)34-26)22(30)27-17-12-15(4)8-9-16(17)5/h8-9,12,14,18-21,29H,7,10-11,13H2,1-6H3,(H,27,30)/t18-,19-,20-,21?,25+,26?/m0/s1. The second kappa shape index (κ2) is 8.86. The van der Waals surface area contributed by atoms with Crippen molar-refractivity contribution in [2.45, 2.75) is 76.0 Å². The molecule has 3 fully saturated rings. The van der Waals surface area contributed by atoms with E-state index in [0.717, 1.165) is 17.5 Å². The lowest BCUT2D eigenvalue weighted by Crippen LogP contribution is -2.56. The number of benzene rings is 1. The van der Waals surface area contributed by atoms with Gasteiger partial charge in [-0.15, -0.1) is 11.8 Å². The molecule has 2 amide bonds. The molecule has 186 valence electrons. The Hall–Kier alpha value is -2.06. The van der Waals surface area contributed by atoms with Crippen molar-refractivity contribution in [3.05, 3.63) is 29.3 Å². The summed E-state index contributed by atoms with van der Waals surface area (Å²) in [6.07, 6.45) is 1.40. The number of rotatable bonds is 7. The number of fused-ring (bicyclic) bond motifs is 1. The molecule has 3 heterocycles. The van der Waals surface area contributed by atoms with Gasteiger partial charge in [0, 0.05) is 10.4 Å². The van der Waals surface area contributed by atoms with E-state index in [2.05, 4.69) is 5.32 Å². The second-order valence-electron chi connectivity index (χ2n) is 10.5. The SMILES string of the molecule is CCOC(=O)[C@@H]1[C@H]2C(=O)N([C@@H](CO)C(C)C)C(C(=O)Nc3cc(C)ccc3C)C23CC[C@@]1(C)S3. The van der Waals surface area contributed by atoms with Crippen LogP contribution in [0.1, 0.15) is 51.7 Å². The van der Waals surface area contributed by atoms with Crippen LogP contribution < -0.4 is 5.32 Å². The zero-order chi connectivity index (χ0) is 25.0. The molecule has 2 N–H and O–H groups in total. The molecule has 0 aliphatic carbocycles. The van der Waals surface area contributed by atoms with Crippen LogP contribution in [0.25, 0.3) is 0 Å². The summed E-state index contributed by atoms with van der Waals surface area (Å²) in [7, 11) is 0. The number of anilines is 1. The van der Waals surface area contributed by atoms with Gasteiger partial charge in [-0.3, -0.25) is 14.4 Å². The molecular formula is C26H36N2O5S. The molecule has 0 saturated carbocycles. The number of carbonyl (C=O) groups excluding carboxylic acids is 3. The maximum atomic E-state index is 14.0. The van der Waals surface area contributed by atoms with Crippen molar-refractivity contribution < 1.29 is 24.2 Å². The van der Waals surface area contributed by atoms with Crippen molar-refractivity contribution in [2.75, 3.05) is 18.5 Å². The van der Waals surface area contributed by atoms with Gasteiger partial charge in [0.1, 0.15) is 6.04 Å². The summed E-state index contributed by atoms with van der Waals surface area (Å²) in [5.74, 6) is -2.14. The summed E-state index contributed by atoms with van der Waals surface area (Å²) in [6.45, 7) is 11.6. The smallest absolute Gasteiger partial charge is 0.311 e. The Balaban J connectivity index is 1.80. The minimum absolute atomic E-state index is 0.0565. The molecule has 1 spiro atoms. The van der Waals surface area contributed by atoms with Gasteiger partial charge in [0.2, 0.25) is 11.8 Å². The van der Waals surface area contributed by atoms with Crippen LogP contribution in [0.15, 0.2) is 18.2 Å². The Morgan fingerprint density at radius 1 is 1.29 bits per heavy atom. The normalized spacial score (nSPS) is 32.8. The number of carbonyl (C=O) groups is 3. The highest BCUT2D eigenvalue weighted by Crippen LogP contribution is 2.71. The molecule has 2 unspecified atom stereocenters. The summed E-state index contributed by atoms with van der Waals surface area (Å²) in [5, 5.41) is 13.4. The van der Waals surface area contributed by atoms with Gasteiger partial charge in [0.15, 0.2) is 0 Å². The Bertz CT molecular complexity index is 1010. The predicted molar refractivity (Wildman–Crippen MR) is 132 cm³/mol. The summed E-state index contributed by atoms with van der Waals surface area (Å²) >= 11 is 1.61. The quantitative estimate of drug-likeness (QED) is 0.572. The highest BCUT2D eigenvalue weighted by molar-refractivity contribution is 8.02. The number of aliphatic hydroxyl groups is 1. The number of amides is 2. The highest BCUT2D eigenvalue weighted by Gasteiger charge is 2.78. The monoisotopic (exact) mass is 488 g/mol. The van der Waals surface area contributed by atoms with E-state index in [1.165, 1.54) is 0 Å². The number of esters is 1. The average molecular weight is 489 g/mol. The van der Waals surface area contributed by atoms with Crippen LogP contribution >= 0.6 is 11.8 Å². The van der Waals surface area contributed by atoms with Gasteiger partial charge < -0.3 is 20.1 Å². The van der Waals surface area contributed by atoms with E-state index in [9.17, 15) is 19.5 Å². The van der Waals surface area contributed by atoms with E-state index >= 15 is 0 Å². The van der Waals surface area contributed by atoms with Crippen molar-refractivity contribution in [3.8, 4) is 0 Å². The Morgan fingerprint density at radius 3 is 2.62 bits per heavy atom. The van der Waals surface area contributed by atoms with Crippen molar-refractivity contribution in [1.29, 1.82) is 0 Å². The van der Waals surface area contributed by atoms with Crippen molar-refractivity contribution in [2.24, 2.45) is 17.8 Å². The number of aliphatic hydroxyl groups excluding tert-OH is 1. The lowest BCUT2D eigenvalue weighted by molar-refractivity contribution is -0.155. The van der Waals surface area contributed by atoms with Gasteiger partial charge in [-0.05, 0) is 63.6 Å². The molecule has 8 heteroatoms. The molecule has 4 rings (SSSR count). The minimum atomic E-state index is -0.782. The molecule has 34 heavy (non-hydrogen) atoms. The maximum absolute atomic E-state index is 14.0. The number of hydrogen-bond donors (Lipinski definition) is 2. The van der Waals surface area contributed by atoms with E-state index in [0.29, 0.717) is 12.1 Å². The van der Waals surface area contributed by atoms with Gasteiger partial charge in [-0.1, -0.05) is 26.0 Å². The first kappa shape index (κ1) is 25.0. The van der Waals surface area contributed by atoms with Gasteiger partial charge in [-0.25, -0.2) is 0 Å². The van der Waals surface area contributed by atoms with E-state index in [1.54, 1.807) is 23.6 Å². The summed E-state index contributed by atoms with van der Waals surface area (Å²) in [6, 6.07) is 4.58. The summed E-state index contributed by atoms with van der Waals surface area (Å²) in [5.41, 5.74) is 2.68. The maximum Gasteiger partial charge on any atom is 0.311 e. The second-order valence-corrected chi connectivity index (χ2v) is 12.4. The first-order valence-corrected chi connectivity index (χ1v) is 13.0. The van der Waals surface area contributed by atoms with Gasteiger partial charge >= 0.3 is 5.97 Å². The van der Waals surface area contributed by atoms with Crippen molar-refractivity contribution in [3.63, 3.8) is 0 Å². The molecule has 6 atom stereocenters. The fraction of sp³-hybridized carbons (Fsp3) is 0.654. The van der Waals surface area contributed by atoms with Crippen LogP contribution in [0, 0.1) is 31.6 Å². The number of hydrogen-bond acceptors (Lipinski definition) is 6. The van der Waals surface area contributed by atoms with Crippen LogP contribution in [0.5, 0.6) is 0 Å². The fourth-order valence-corrected chi connectivity index (χ4v) is 8.63. The van der Waals surface area contributed by atoms with Gasteiger partial charge in [0.05, 0.1) is 35.8 Å². The number of aryl methyl sites for hydroxylation is 2. The lowest BCUT2D eigenvalue weighted by atomic mass is 9.66. The van der Waals surface area contributed by atoms with Crippen LogP contribution in [-0.2, 0) is 19.1 Å². The molecule has 1 aromatic carbocycles. The molecule has 3 saturated heterocycles. The van der Waals surface area contributed by atoms with E-state index in [4.69, 9.17) is 4.74 Å². The molecule has 1 aromatic rings. The molecule has 0 aromatic heterocycles. The zero-order valence-electron chi connectivity index (χ0n) is 20.9. The molecule has 2 bridgehead atoms. The van der Waals surface area contributed by atoms with Crippen LogP contribution in [-0.4, -0.2) is 62.6 Å². The zero-order valence-corrected chi connectivity index (χ0v) is 21.7. The lowest BCUT2D eigenvalue weighted by Gasteiger charge is -2.38. The van der Waals surface area contributed by atoms with Gasteiger partial charge in [-0.2, -0.15) is 0 Å². The number of ether oxygens (including phenoxy) is 1. The molecule has 0 radical (unpaired) electrons. The number of nitrogens with one attached hydrogen (secondary N) is 1. The Morgan fingerprint density at radius 2 is 2.00 bits per heavy atom. The summed E-state index contributed by atoms with van der Waals surface area (Å²) < 4.78 is 4.23. The molecule has 7 nitrogen and oxygen atoms in total. The Kier molecular flexibility index (Phi) is 6.53. The van der Waals surface area contributed by atoms with Crippen LogP contribution in [0.4, 0.5) is 5.69 Å². The number of likely N-dealkylation sites (tertiary alicyclic amines) is 1. The Labute approximate surface area is 206 Å². The minimum Gasteiger partial charge on any atom is -0.466 e. The van der Waals surface area contributed by atoms with E-state index < -0.39 is 33.4 Å². The molecule has 3 aliphatic rings. The number of thioether (sulfide) groups is 1. The van der Waals surface area contributed by atoms with E-state index in [-0.39, 0.29) is 36.9 Å². The third kappa shape index (κ3) is 3.65. The summed E-state index contributed by atoms with van der Waals surface area (Å²) in [4.78, 5) is 42.7. The van der Waals surface area contributed by atoms with Crippen LogP contribution in [0.3, 0.4) is 0 Å². The highest BCUT2D eigenvalue weighted by atomic mass is 32.2. The predicted octanol–water partition coefficient (Wildman–Crippen LogP) is 3.30. The van der Waals surface area contributed by atoms with Gasteiger partial charge in [0.25, 0.3) is 0 Å². The third-order valence-corrected chi connectivity index (χ3v) is 9.95. The van der Waals surface area contributed by atoms with Crippen LogP contribution in [0.2, 0.25) is 0 Å². The first-order valence-electron chi connectivity index (χ1n) is 12.2. The average Bonchev–Trinajstić information content (AvgIpc) is 3.32. The first-order chi connectivity index (χ1) is 16.0. The largest absolute Gasteiger partial charge is 0.466 e. The number of nitrogens with zero attached hydrogens (tertiary/aromatic N) is 1. The third-order valence-electron chi connectivity index (χ3n) is 7.97. The molecule has 3 aliphatic heterocycles. The van der Waals surface area contributed by atoms with Crippen molar-refractivity contribution in [1.82, 2.24) is 4.90 Å². The van der Waals surface area contributed by atoms with Crippen molar-refractivity contribution >= 4 is 35.2 Å².